The number of nitrogens with zero attached hydrogens (tertiary/aromatic N) is 2. The molecule has 0 aromatic carbocycles. The van der Waals surface area contributed by atoms with Gasteiger partial charge in [0.15, 0.2) is 0 Å². The maximum atomic E-state index is 9.76. The Kier molecular flexibility index (Phi) is 3.69. The SMILES string of the molecule is CC(C)c1nccn1CC(O)C(C)C. The number of aliphatic hydroxyl groups is 1. The predicted octanol–water partition coefficient (Wildman–Crippen LogP) is 2.02. The van der Waals surface area contributed by atoms with Gasteiger partial charge >= 0.3 is 0 Å². The maximum absolute atomic E-state index is 9.76. The number of hydrogen-bond donors (Lipinski definition) is 1. The summed E-state index contributed by atoms with van der Waals surface area (Å²) in [5.41, 5.74) is 0. The third-order valence-corrected chi connectivity index (χ3v) is 2.42. The van der Waals surface area contributed by atoms with E-state index >= 15 is 0 Å². The molecule has 0 aliphatic heterocycles. The first-order valence-electron chi connectivity index (χ1n) is 5.21. The summed E-state index contributed by atoms with van der Waals surface area (Å²) in [4.78, 5) is 4.28. The van der Waals surface area contributed by atoms with Crippen molar-refractivity contribution in [2.75, 3.05) is 0 Å². The molecule has 1 aromatic rings. The van der Waals surface area contributed by atoms with Crippen molar-refractivity contribution >= 4 is 0 Å². The number of rotatable bonds is 4. The minimum Gasteiger partial charge on any atom is -0.391 e. The van der Waals surface area contributed by atoms with Crippen LogP contribution in [0.15, 0.2) is 12.4 Å². The van der Waals surface area contributed by atoms with E-state index in [1.54, 1.807) is 6.20 Å². The van der Waals surface area contributed by atoms with Crippen LogP contribution in [0.4, 0.5) is 0 Å². The van der Waals surface area contributed by atoms with Crippen LogP contribution < -0.4 is 0 Å². The molecule has 0 amide bonds. The molecule has 1 unspecified atom stereocenters. The van der Waals surface area contributed by atoms with E-state index in [2.05, 4.69) is 18.8 Å². The van der Waals surface area contributed by atoms with Crippen LogP contribution in [0.3, 0.4) is 0 Å². The fraction of sp³-hybridized carbons (Fsp3) is 0.727. The molecule has 1 atom stereocenters. The average molecular weight is 196 g/mol. The van der Waals surface area contributed by atoms with Gasteiger partial charge in [0.1, 0.15) is 5.82 Å². The predicted molar refractivity (Wildman–Crippen MR) is 57.2 cm³/mol. The lowest BCUT2D eigenvalue weighted by Crippen LogP contribution is -2.22. The quantitative estimate of drug-likeness (QED) is 0.800. The van der Waals surface area contributed by atoms with Crippen LogP contribution in [-0.4, -0.2) is 20.8 Å². The zero-order chi connectivity index (χ0) is 10.7. The van der Waals surface area contributed by atoms with E-state index in [1.807, 2.05) is 24.6 Å². The fourth-order valence-corrected chi connectivity index (χ4v) is 1.39. The zero-order valence-corrected chi connectivity index (χ0v) is 9.44. The Morgan fingerprint density at radius 3 is 2.50 bits per heavy atom. The molecule has 0 saturated carbocycles. The molecular weight excluding hydrogens is 176 g/mol. The molecule has 0 fully saturated rings. The van der Waals surface area contributed by atoms with Crippen LogP contribution in [0.5, 0.6) is 0 Å². The summed E-state index contributed by atoms with van der Waals surface area (Å²) in [7, 11) is 0. The number of aromatic nitrogens is 2. The van der Waals surface area contributed by atoms with Gasteiger partial charge in [0.05, 0.1) is 6.10 Å². The first-order chi connectivity index (χ1) is 6.52. The van der Waals surface area contributed by atoms with Gasteiger partial charge in [-0.2, -0.15) is 0 Å². The van der Waals surface area contributed by atoms with Gasteiger partial charge in [-0.1, -0.05) is 27.7 Å². The molecule has 1 N–H and O–H groups in total. The van der Waals surface area contributed by atoms with Crippen LogP contribution in [0.25, 0.3) is 0 Å². The molecule has 80 valence electrons. The van der Waals surface area contributed by atoms with E-state index in [0.29, 0.717) is 12.5 Å². The molecule has 1 aromatic heterocycles. The van der Waals surface area contributed by atoms with Crippen molar-refractivity contribution in [3.05, 3.63) is 18.2 Å². The number of aliphatic hydroxyl groups excluding tert-OH is 1. The molecule has 14 heavy (non-hydrogen) atoms. The molecule has 3 heteroatoms. The van der Waals surface area contributed by atoms with E-state index in [0.717, 1.165) is 5.82 Å². The van der Waals surface area contributed by atoms with Gasteiger partial charge in [0.2, 0.25) is 0 Å². The lowest BCUT2D eigenvalue weighted by atomic mass is 10.1. The second-order valence-electron chi connectivity index (χ2n) is 4.40. The molecule has 0 spiro atoms. The highest BCUT2D eigenvalue weighted by molar-refractivity contribution is 4.97. The summed E-state index contributed by atoms with van der Waals surface area (Å²) in [6, 6.07) is 0. The molecule has 3 nitrogen and oxygen atoms in total. The Hall–Kier alpha value is -0.830. The topological polar surface area (TPSA) is 38.0 Å². The van der Waals surface area contributed by atoms with Gasteiger partial charge in [-0.05, 0) is 5.92 Å². The lowest BCUT2D eigenvalue weighted by molar-refractivity contribution is 0.106. The Morgan fingerprint density at radius 1 is 1.36 bits per heavy atom. The molecular formula is C11H20N2O. The smallest absolute Gasteiger partial charge is 0.111 e. The summed E-state index contributed by atoms with van der Waals surface area (Å²) in [5.74, 6) is 1.74. The highest BCUT2D eigenvalue weighted by Gasteiger charge is 2.13. The Labute approximate surface area is 85.8 Å². The van der Waals surface area contributed by atoms with Gasteiger partial charge < -0.3 is 9.67 Å². The van der Waals surface area contributed by atoms with Gasteiger partial charge in [-0.15, -0.1) is 0 Å². The van der Waals surface area contributed by atoms with Crippen molar-refractivity contribution in [1.82, 2.24) is 9.55 Å². The summed E-state index contributed by atoms with van der Waals surface area (Å²) in [6.07, 6.45) is 3.44. The summed E-state index contributed by atoms with van der Waals surface area (Å²) < 4.78 is 2.04. The summed E-state index contributed by atoms with van der Waals surface area (Å²) in [5, 5.41) is 9.76. The van der Waals surface area contributed by atoms with E-state index in [1.165, 1.54) is 0 Å². The minimum absolute atomic E-state index is 0.289. The fourth-order valence-electron chi connectivity index (χ4n) is 1.39. The van der Waals surface area contributed by atoms with E-state index in [4.69, 9.17) is 0 Å². The summed E-state index contributed by atoms with van der Waals surface area (Å²) >= 11 is 0. The maximum Gasteiger partial charge on any atom is 0.111 e. The average Bonchev–Trinajstić information content (AvgIpc) is 2.52. The Bertz CT molecular complexity index is 279. The minimum atomic E-state index is -0.290. The van der Waals surface area contributed by atoms with Gasteiger partial charge in [0.25, 0.3) is 0 Å². The highest BCUT2D eigenvalue weighted by atomic mass is 16.3. The van der Waals surface area contributed by atoms with E-state index < -0.39 is 0 Å². The van der Waals surface area contributed by atoms with Gasteiger partial charge in [-0.3, -0.25) is 0 Å². The molecule has 1 heterocycles. The first-order valence-corrected chi connectivity index (χ1v) is 5.21. The van der Waals surface area contributed by atoms with Crippen molar-refractivity contribution in [1.29, 1.82) is 0 Å². The van der Waals surface area contributed by atoms with Gasteiger partial charge in [0, 0.05) is 24.9 Å². The highest BCUT2D eigenvalue weighted by Crippen LogP contribution is 2.13. The lowest BCUT2D eigenvalue weighted by Gasteiger charge is -2.17. The monoisotopic (exact) mass is 196 g/mol. The van der Waals surface area contributed by atoms with Crippen molar-refractivity contribution < 1.29 is 5.11 Å². The van der Waals surface area contributed by atoms with Crippen LogP contribution in [0, 0.1) is 5.92 Å². The second-order valence-corrected chi connectivity index (χ2v) is 4.40. The largest absolute Gasteiger partial charge is 0.391 e. The van der Waals surface area contributed by atoms with Crippen LogP contribution in [0.1, 0.15) is 39.4 Å². The van der Waals surface area contributed by atoms with E-state index in [9.17, 15) is 5.11 Å². The molecule has 1 rings (SSSR count). The summed E-state index contributed by atoms with van der Waals surface area (Å²) in [6.45, 7) is 8.92. The normalized spacial score (nSPS) is 13.9. The van der Waals surface area contributed by atoms with Crippen LogP contribution in [-0.2, 0) is 6.54 Å². The zero-order valence-electron chi connectivity index (χ0n) is 9.44. The first kappa shape index (κ1) is 11.2. The van der Waals surface area contributed by atoms with Crippen molar-refractivity contribution in [2.24, 2.45) is 5.92 Å². The van der Waals surface area contributed by atoms with E-state index in [-0.39, 0.29) is 12.0 Å². The van der Waals surface area contributed by atoms with Crippen molar-refractivity contribution in [3.63, 3.8) is 0 Å². The number of imidazole rings is 1. The molecule has 0 saturated heterocycles. The van der Waals surface area contributed by atoms with Gasteiger partial charge in [-0.25, -0.2) is 4.98 Å². The molecule has 0 bridgehead atoms. The molecule has 0 aliphatic carbocycles. The third-order valence-electron chi connectivity index (χ3n) is 2.42. The molecule has 0 aliphatic rings. The standard InChI is InChI=1S/C11H20N2O/c1-8(2)10(14)7-13-6-5-12-11(13)9(3)4/h5-6,8-10,14H,7H2,1-4H3. The van der Waals surface area contributed by atoms with Crippen LogP contribution in [0.2, 0.25) is 0 Å². The van der Waals surface area contributed by atoms with Crippen molar-refractivity contribution in [2.45, 2.75) is 46.3 Å². The Balaban J connectivity index is 2.71. The second kappa shape index (κ2) is 4.60. The Morgan fingerprint density at radius 2 is 2.00 bits per heavy atom. The van der Waals surface area contributed by atoms with Crippen molar-refractivity contribution in [3.8, 4) is 0 Å². The van der Waals surface area contributed by atoms with Crippen LogP contribution >= 0.6 is 0 Å². The number of hydrogen-bond acceptors (Lipinski definition) is 2. The molecule has 0 radical (unpaired) electrons. The third kappa shape index (κ3) is 2.58.